The van der Waals surface area contributed by atoms with Crippen molar-refractivity contribution in [3.8, 4) is 0 Å². The highest BCUT2D eigenvalue weighted by Crippen LogP contribution is 2.28. The molecule has 110 valence electrons. The van der Waals surface area contributed by atoms with Crippen molar-refractivity contribution in [3.05, 3.63) is 22.7 Å². The largest absolute Gasteiger partial charge is 0.370 e. The molecule has 3 aromatic rings. The van der Waals surface area contributed by atoms with Gasteiger partial charge in [0.25, 0.3) is 0 Å². The predicted octanol–water partition coefficient (Wildman–Crippen LogP) is 0.136. The van der Waals surface area contributed by atoms with Gasteiger partial charge in [-0.3, -0.25) is 0 Å². The molecule has 3 aromatic heterocycles. The first-order valence-electron chi connectivity index (χ1n) is 6.75. The molecule has 21 heavy (non-hydrogen) atoms. The van der Waals surface area contributed by atoms with Gasteiger partial charge < -0.3 is 10.5 Å². The van der Waals surface area contributed by atoms with Crippen LogP contribution in [0.2, 0.25) is 0 Å². The second-order valence-corrected chi connectivity index (χ2v) is 5.90. The summed E-state index contributed by atoms with van der Waals surface area (Å²) < 4.78 is 9.15. The van der Waals surface area contributed by atoms with Crippen LogP contribution in [0.15, 0.2) is 6.20 Å². The van der Waals surface area contributed by atoms with Crippen LogP contribution >= 0.6 is 11.3 Å². The zero-order valence-electron chi connectivity index (χ0n) is 11.2. The minimum absolute atomic E-state index is 0.00478. The molecule has 0 saturated carbocycles. The number of fused-ring (bicyclic) bond motifs is 1. The van der Waals surface area contributed by atoms with Crippen LogP contribution in [0.1, 0.15) is 35.5 Å². The number of nitrogens with zero attached hydrogens (tertiary/aromatic N) is 7. The van der Waals surface area contributed by atoms with Crippen molar-refractivity contribution in [1.82, 2.24) is 34.8 Å². The van der Waals surface area contributed by atoms with E-state index in [-0.39, 0.29) is 6.10 Å². The Bertz CT molecular complexity index is 755. The topological polar surface area (TPSA) is 109 Å². The Hall–Kier alpha value is -1.91. The molecule has 0 amide bonds. The van der Waals surface area contributed by atoms with Gasteiger partial charge in [-0.05, 0) is 12.8 Å². The van der Waals surface area contributed by atoms with Crippen molar-refractivity contribution in [2.45, 2.75) is 32.0 Å². The van der Waals surface area contributed by atoms with Gasteiger partial charge in [0.05, 0.1) is 18.4 Å². The van der Waals surface area contributed by atoms with E-state index in [9.17, 15) is 0 Å². The second-order valence-electron chi connectivity index (χ2n) is 4.86. The van der Waals surface area contributed by atoms with Crippen molar-refractivity contribution in [3.63, 3.8) is 0 Å². The smallest absolute Gasteiger partial charge is 0.234 e. The summed E-state index contributed by atoms with van der Waals surface area (Å²) in [6.45, 7) is 1.71. The molecule has 1 saturated heterocycles. The molecule has 1 atom stereocenters. The summed E-state index contributed by atoms with van der Waals surface area (Å²) in [5.74, 6) is 0.784. The standard InChI is InChI=1S/C11H14N8OS/c12-4-7-5-18(17-13-7)6-9-16-19-10(8-2-1-3-20-8)14-15-11(19)21-9/h5,8H,1-4,6,12H2. The molecule has 4 rings (SSSR count). The molecule has 1 unspecified atom stereocenters. The van der Waals surface area contributed by atoms with Crippen LogP contribution in [0.4, 0.5) is 0 Å². The number of aromatic nitrogens is 7. The maximum Gasteiger partial charge on any atom is 0.234 e. The zero-order valence-corrected chi connectivity index (χ0v) is 12.0. The van der Waals surface area contributed by atoms with Crippen LogP contribution in [0.3, 0.4) is 0 Å². The minimum atomic E-state index is 0.00478. The number of rotatable bonds is 4. The zero-order chi connectivity index (χ0) is 14.2. The van der Waals surface area contributed by atoms with E-state index in [1.165, 1.54) is 11.3 Å². The highest BCUT2D eigenvalue weighted by molar-refractivity contribution is 7.16. The average molecular weight is 306 g/mol. The van der Waals surface area contributed by atoms with Crippen LogP contribution in [-0.4, -0.2) is 41.4 Å². The van der Waals surface area contributed by atoms with Gasteiger partial charge in [-0.1, -0.05) is 16.6 Å². The summed E-state index contributed by atoms with van der Waals surface area (Å²) in [5, 5.41) is 21.8. The van der Waals surface area contributed by atoms with Crippen LogP contribution in [-0.2, 0) is 17.8 Å². The summed E-state index contributed by atoms with van der Waals surface area (Å²) in [5.41, 5.74) is 6.29. The third kappa shape index (κ3) is 2.30. The lowest BCUT2D eigenvalue weighted by Gasteiger charge is -2.04. The maximum atomic E-state index is 5.65. The molecule has 0 aromatic carbocycles. The Morgan fingerprint density at radius 2 is 2.33 bits per heavy atom. The molecule has 0 aliphatic carbocycles. The summed E-state index contributed by atoms with van der Waals surface area (Å²) in [4.78, 5) is 0.773. The van der Waals surface area contributed by atoms with Gasteiger partial charge in [-0.15, -0.1) is 15.3 Å². The van der Waals surface area contributed by atoms with Gasteiger partial charge >= 0.3 is 0 Å². The van der Waals surface area contributed by atoms with Gasteiger partial charge in [0.2, 0.25) is 4.96 Å². The van der Waals surface area contributed by atoms with Gasteiger partial charge in [0, 0.05) is 13.2 Å². The Labute approximate surface area is 123 Å². The van der Waals surface area contributed by atoms with Crippen LogP contribution in [0, 0.1) is 0 Å². The Morgan fingerprint density at radius 1 is 1.38 bits per heavy atom. The first-order chi connectivity index (χ1) is 10.3. The summed E-state index contributed by atoms with van der Waals surface area (Å²) >= 11 is 1.49. The third-order valence-electron chi connectivity index (χ3n) is 3.37. The summed E-state index contributed by atoms with van der Waals surface area (Å²) in [7, 11) is 0. The van der Waals surface area contributed by atoms with Crippen LogP contribution < -0.4 is 5.73 Å². The Balaban J connectivity index is 1.61. The molecular formula is C11H14N8OS. The van der Waals surface area contributed by atoms with Crippen molar-refractivity contribution >= 4 is 16.3 Å². The average Bonchev–Trinajstić information content (AvgIpc) is 3.22. The molecular weight excluding hydrogens is 292 g/mol. The monoisotopic (exact) mass is 306 g/mol. The lowest BCUT2D eigenvalue weighted by atomic mass is 10.2. The van der Waals surface area contributed by atoms with Crippen molar-refractivity contribution < 1.29 is 4.74 Å². The van der Waals surface area contributed by atoms with E-state index in [0.29, 0.717) is 13.1 Å². The molecule has 10 heteroatoms. The fourth-order valence-corrected chi connectivity index (χ4v) is 3.20. The quantitative estimate of drug-likeness (QED) is 0.730. The molecule has 9 nitrogen and oxygen atoms in total. The van der Waals surface area contributed by atoms with E-state index in [2.05, 4.69) is 25.6 Å². The Morgan fingerprint density at radius 3 is 3.10 bits per heavy atom. The molecule has 4 heterocycles. The highest BCUT2D eigenvalue weighted by atomic mass is 32.1. The molecule has 1 aliphatic heterocycles. The van der Waals surface area contributed by atoms with Gasteiger partial charge in [0.1, 0.15) is 11.1 Å². The molecule has 0 radical (unpaired) electrons. The molecule has 1 aliphatic rings. The van der Waals surface area contributed by atoms with Gasteiger partial charge in [0.15, 0.2) is 5.82 Å². The second kappa shape index (κ2) is 5.13. The first kappa shape index (κ1) is 12.8. The first-order valence-corrected chi connectivity index (χ1v) is 7.57. The van der Waals surface area contributed by atoms with E-state index in [1.807, 2.05) is 6.20 Å². The van der Waals surface area contributed by atoms with E-state index in [0.717, 1.165) is 40.9 Å². The fourth-order valence-electron chi connectivity index (χ4n) is 2.37. The number of hydrogen-bond donors (Lipinski definition) is 1. The van der Waals surface area contributed by atoms with E-state index >= 15 is 0 Å². The van der Waals surface area contributed by atoms with E-state index in [1.54, 1.807) is 9.20 Å². The fraction of sp³-hybridized carbons (Fsp3) is 0.545. The van der Waals surface area contributed by atoms with Crippen molar-refractivity contribution in [2.75, 3.05) is 6.61 Å². The van der Waals surface area contributed by atoms with Crippen molar-refractivity contribution in [2.24, 2.45) is 5.73 Å². The lowest BCUT2D eigenvalue weighted by molar-refractivity contribution is 0.103. The van der Waals surface area contributed by atoms with Gasteiger partial charge in [-0.25, -0.2) is 4.68 Å². The number of ether oxygens (including phenoxy) is 1. The van der Waals surface area contributed by atoms with E-state index < -0.39 is 0 Å². The molecule has 1 fully saturated rings. The third-order valence-corrected chi connectivity index (χ3v) is 4.25. The number of nitrogens with two attached hydrogens (primary N) is 1. The number of hydrogen-bond acceptors (Lipinski definition) is 8. The maximum absolute atomic E-state index is 5.65. The highest BCUT2D eigenvalue weighted by Gasteiger charge is 2.25. The molecule has 2 N–H and O–H groups in total. The van der Waals surface area contributed by atoms with Crippen LogP contribution in [0.25, 0.3) is 4.96 Å². The van der Waals surface area contributed by atoms with Gasteiger partial charge in [-0.2, -0.15) is 9.61 Å². The molecule has 0 spiro atoms. The van der Waals surface area contributed by atoms with Crippen LogP contribution in [0.5, 0.6) is 0 Å². The minimum Gasteiger partial charge on any atom is -0.370 e. The predicted molar refractivity (Wildman–Crippen MR) is 73.6 cm³/mol. The normalized spacial score (nSPS) is 18.8. The van der Waals surface area contributed by atoms with E-state index in [4.69, 9.17) is 10.5 Å². The molecule has 0 bridgehead atoms. The summed E-state index contributed by atoms with van der Waals surface area (Å²) in [6.07, 6.45) is 3.85. The Kier molecular flexibility index (Phi) is 3.13. The SMILES string of the molecule is NCc1cn(Cc2nn3c(C4CCCO4)nnc3s2)nn1. The summed E-state index contributed by atoms with van der Waals surface area (Å²) in [6, 6.07) is 0. The lowest BCUT2D eigenvalue weighted by Crippen LogP contribution is -2.05. The van der Waals surface area contributed by atoms with Crippen molar-refractivity contribution in [1.29, 1.82) is 0 Å².